The molecule has 0 radical (unpaired) electrons. The maximum absolute atomic E-state index is 12.8. The number of alkyl halides is 3. The molecule has 0 N–H and O–H groups in total. The van der Waals surface area contributed by atoms with Gasteiger partial charge in [-0.1, -0.05) is 57.6 Å². The summed E-state index contributed by atoms with van der Waals surface area (Å²) in [5.74, 6) is 0.590. The van der Waals surface area contributed by atoms with Crippen LogP contribution in [0.5, 0.6) is 0 Å². The molecule has 2 aromatic heterocycles. The highest BCUT2D eigenvalue weighted by atomic mass is 79.9. The number of nitrogens with zero attached hydrogens (tertiary/aromatic N) is 4. The second-order valence-electron chi connectivity index (χ2n) is 5.59. The van der Waals surface area contributed by atoms with Gasteiger partial charge < -0.3 is 0 Å². The molecule has 0 amide bonds. The molecule has 0 saturated carbocycles. The predicted octanol–water partition coefficient (Wildman–Crippen LogP) is 5.80. The highest BCUT2D eigenvalue weighted by Gasteiger charge is 2.30. The average Bonchev–Trinajstić information content (AvgIpc) is 3.20. The molecule has 0 atom stereocenters. The smallest absolute Gasteiger partial charge is 0.182 e. The lowest BCUT2D eigenvalue weighted by Crippen LogP contribution is -2.04. The number of halogens is 4. The number of hydrogen-bond donors (Lipinski definition) is 0. The van der Waals surface area contributed by atoms with Gasteiger partial charge in [-0.05, 0) is 35.9 Å². The van der Waals surface area contributed by atoms with Gasteiger partial charge in [0.1, 0.15) is 5.01 Å². The molecule has 4 rings (SSSR count). The van der Waals surface area contributed by atoms with Gasteiger partial charge in [0.2, 0.25) is 4.96 Å². The van der Waals surface area contributed by atoms with E-state index in [9.17, 15) is 13.2 Å². The van der Waals surface area contributed by atoms with Gasteiger partial charge in [-0.2, -0.15) is 22.8 Å². The summed E-state index contributed by atoms with van der Waals surface area (Å²) >= 11 is 4.78. The van der Waals surface area contributed by atoms with E-state index in [0.29, 0.717) is 21.4 Å². The molecule has 0 aliphatic carbocycles. The van der Waals surface area contributed by atoms with Crippen molar-refractivity contribution in [3.05, 3.63) is 69.1 Å². The SMILES string of the molecule is FC(F)(F)c1cccc(C=Cc2nn3c(-c4ccccc4Br)nnc3s2)c1. The van der Waals surface area contributed by atoms with Gasteiger partial charge >= 0.3 is 6.18 Å². The number of hydrogen-bond acceptors (Lipinski definition) is 4. The summed E-state index contributed by atoms with van der Waals surface area (Å²) < 4.78 is 40.9. The molecule has 0 aliphatic heterocycles. The molecule has 27 heavy (non-hydrogen) atoms. The highest BCUT2D eigenvalue weighted by Crippen LogP contribution is 2.30. The average molecular weight is 451 g/mol. The first-order chi connectivity index (χ1) is 12.9. The van der Waals surface area contributed by atoms with Gasteiger partial charge in [0.05, 0.1) is 5.56 Å². The Morgan fingerprint density at radius 1 is 1.00 bits per heavy atom. The van der Waals surface area contributed by atoms with Crippen LogP contribution in [0.25, 0.3) is 28.5 Å². The van der Waals surface area contributed by atoms with Crippen molar-refractivity contribution in [3.8, 4) is 11.4 Å². The third-order valence-electron chi connectivity index (χ3n) is 3.75. The third-order valence-corrected chi connectivity index (χ3v) is 5.31. The van der Waals surface area contributed by atoms with E-state index >= 15 is 0 Å². The number of rotatable bonds is 3. The van der Waals surface area contributed by atoms with E-state index in [1.807, 2.05) is 24.3 Å². The first-order valence-electron chi connectivity index (χ1n) is 7.74. The van der Waals surface area contributed by atoms with E-state index in [-0.39, 0.29) is 0 Å². The van der Waals surface area contributed by atoms with Crippen molar-refractivity contribution >= 4 is 44.4 Å². The molecule has 2 aromatic carbocycles. The Labute approximate surface area is 164 Å². The zero-order valence-corrected chi connectivity index (χ0v) is 15.9. The maximum atomic E-state index is 12.8. The molecular formula is C18H10BrF3N4S. The van der Waals surface area contributed by atoms with Crippen LogP contribution in [0.1, 0.15) is 16.1 Å². The minimum Gasteiger partial charge on any atom is -0.182 e. The maximum Gasteiger partial charge on any atom is 0.416 e. The van der Waals surface area contributed by atoms with E-state index in [1.165, 1.54) is 17.4 Å². The van der Waals surface area contributed by atoms with Crippen LogP contribution in [0.4, 0.5) is 13.2 Å². The monoisotopic (exact) mass is 450 g/mol. The van der Waals surface area contributed by atoms with Gasteiger partial charge in [-0.25, -0.2) is 0 Å². The third kappa shape index (κ3) is 3.65. The topological polar surface area (TPSA) is 43.1 Å². The summed E-state index contributed by atoms with van der Waals surface area (Å²) in [5.41, 5.74) is 0.615. The summed E-state index contributed by atoms with van der Waals surface area (Å²) in [6.07, 6.45) is -1.10. The Morgan fingerprint density at radius 2 is 1.81 bits per heavy atom. The lowest BCUT2D eigenvalue weighted by molar-refractivity contribution is -0.137. The van der Waals surface area contributed by atoms with Gasteiger partial charge in [-0.15, -0.1) is 10.2 Å². The minimum absolute atomic E-state index is 0.446. The van der Waals surface area contributed by atoms with Crippen LogP contribution in [-0.2, 0) is 6.18 Å². The first-order valence-corrected chi connectivity index (χ1v) is 9.35. The van der Waals surface area contributed by atoms with Gasteiger partial charge in [0.15, 0.2) is 5.82 Å². The van der Waals surface area contributed by atoms with Gasteiger partial charge in [-0.3, -0.25) is 0 Å². The fourth-order valence-electron chi connectivity index (χ4n) is 2.50. The molecule has 4 aromatic rings. The lowest BCUT2D eigenvalue weighted by Gasteiger charge is -2.06. The van der Waals surface area contributed by atoms with E-state index in [4.69, 9.17) is 0 Å². The van der Waals surface area contributed by atoms with Crippen LogP contribution in [0.3, 0.4) is 0 Å². The van der Waals surface area contributed by atoms with Crippen molar-refractivity contribution in [2.45, 2.75) is 6.18 Å². The Balaban J connectivity index is 1.66. The van der Waals surface area contributed by atoms with Crippen molar-refractivity contribution in [1.29, 1.82) is 0 Å². The summed E-state index contributed by atoms with van der Waals surface area (Å²) in [5, 5.41) is 13.4. The van der Waals surface area contributed by atoms with E-state index in [0.717, 1.165) is 22.2 Å². The highest BCUT2D eigenvalue weighted by molar-refractivity contribution is 9.10. The van der Waals surface area contributed by atoms with Crippen molar-refractivity contribution in [1.82, 2.24) is 19.8 Å². The van der Waals surface area contributed by atoms with Crippen LogP contribution in [0.2, 0.25) is 0 Å². The fraction of sp³-hybridized carbons (Fsp3) is 0.0556. The number of fused-ring (bicyclic) bond motifs is 1. The van der Waals surface area contributed by atoms with Gasteiger partial charge in [0.25, 0.3) is 0 Å². The molecule has 0 aliphatic rings. The quantitative estimate of drug-likeness (QED) is 0.395. The van der Waals surface area contributed by atoms with E-state index in [2.05, 4.69) is 31.2 Å². The van der Waals surface area contributed by atoms with Gasteiger partial charge in [0, 0.05) is 10.0 Å². The second-order valence-corrected chi connectivity index (χ2v) is 7.44. The standard InChI is InChI=1S/C18H10BrF3N4S/c19-14-7-2-1-6-13(14)16-23-24-17-26(16)25-15(27-17)9-8-11-4-3-5-12(10-11)18(20,21)22/h1-10H. The number of aromatic nitrogens is 4. The molecule has 0 saturated heterocycles. The van der Waals surface area contributed by atoms with Crippen molar-refractivity contribution in [3.63, 3.8) is 0 Å². The second kappa shape index (κ2) is 6.90. The Morgan fingerprint density at radius 3 is 2.59 bits per heavy atom. The molecule has 136 valence electrons. The molecule has 0 unspecified atom stereocenters. The Bertz CT molecular complexity index is 1150. The normalized spacial score (nSPS) is 12.3. The number of benzene rings is 2. The summed E-state index contributed by atoms with van der Waals surface area (Å²) in [4.78, 5) is 0.601. The molecular weight excluding hydrogens is 441 g/mol. The fourth-order valence-corrected chi connectivity index (χ4v) is 3.70. The lowest BCUT2D eigenvalue weighted by atomic mass is 10.1. The van der Waals surface area contributed by atoms with Crippen LogP contribution < -0.4 is 0 Å². The predicted molar refractivity (Wildman–Crippen MR) is 102 cm³/mol. The largest absolute Gasteiger partial charge is 0.416 e. The van der Waals surface area contributed by atoms with Crippen molar-refractivity contribution in [2.75, 3.05) is 0 Å². The Kier molecular flexibility index (Phi) is 4.56. The summed E-state index contributed by atoms with van der Waals surface area (Å²) in [7, 11) is 0. The summed E-state index contributed by atoms with van der Waals surface area (Å²) in [6.45, 7) is 0. The molecule has 4 nitrogen and oxygen atoms in total. The van der Waals surface area contributed by atoms with Crippen LogP contribution >= 0.6 is 27.3 Å². The van der Waals surface area contributed by atoms with E-state index in [1.54, 1.807) is 22.7 Å². The molecule has 0 bridgehead atoms. The summed E-state index contributed by atoms with van der Waals surface area (Å²) in [6, 6.07) is 12.7. The zero-order chi connectivity index (χ0) is 19.0. The molecule has 0 fully saturated rings. The molecule has 2 heterocycles. The van der Waals surface area contributed by atoms with Crippen LogP contribution in [0, 0.1) is 0 Å². The van der Waals surface area contributed by atoms with Crippen LogP contribution in [-0.4, -0.2) is 19.8 Å². The van der Waals surface area contributed by atoms with Crippen molar-refractivity contribution < 1.29 is 13.2 Å². The molecule has 9 heteroatoms. The first kappa shape index (κ1) is 17.9. The molecule has 0 spiro atoms. The Hall–Kier alpha value is -2.52. The minimum atomic E-state index is -4.37. The van der Waals surface area contributed by atoms with Crippen LogP contribution in [0.15, 0.2) is 53.0 Å². The zero-order valence-electron chi connectivity index (χ0n) is 13.5. The van der Waals surface area contributed by atoms with E-state index < -0.39 is 11.7 Å². The van der Waals surface area contributed by atoms with Crippen molar-refractivity contribution in [2.24, 2.45) is 0 Å².